The van der Waals surface area contributed by atoms with Crippen molar-refractivity contribution in [2.75, 3.05) is 52.9 Å². The Morgan fingerprint density at radius 1 is 0.341 bits per heavy atom. The molecule has 0 saturated heterocycles. The molecule has 4 nitrogen and oxygen atoms in total. The molecule has 0 aliphatic heterocycles. The molecule has 0 fully saturated rings. The summed E-state index contributed by atoms with van der Waals surface area (Å²) >= 11 is 6.35. The van der Waals surface area contributed by atoms with Crippen molar-refractivity contribution in [2.45, 2.75) is 55.4 Å². The molecular formula is C32H52Li4O4S4. The van der Waals surface area contributed by atoms with Gasteiger partial charge in [-0.2, -0.15) is 45.8 Å². The van der Waals surface area contributed by atoms with Gasteiger partial charge in [0.15, 0.2) is 0 Å². The summed E-state index contributed by atoms with van der Waals surface area (Å²) < 4.78 is 19.3. The van der Waals surface area contributed by atoms with Gasteiger partial charge in [0, 0.05) is 52.9 Å². The van der Waals surface area contributed by atoms with Crippen LogP contribution in [0.15, 0.2) is 70.1 Å². The summed E-state index contributed by atoms with van der Waals surface area (Å²) in [5.41, 5.74) is 0. The van der Waals surface area contributed by atoms with Gasteiger partial charge in [-0.05, 0) is 55.4 Å². The van der Waals surface area contributed by atoms with Gasteiger partial charge >= 0.3 is 75.4 Å². The fourth-order valence-corrected chi connectivity index (χ4v) is 3.17. The summed E-state index contributed by atoms with van der Waals surface area (Å²) in [4.78, 5) is 0. The third kappa shape index (κ3) is 90.2. The summed E-state index contributed by atoms with van der Waals surface area (Å²) in [6.07, 6.45) is 0. The normalized spacial score (nSPS) is 7.45. The van der Waals surface area contributed by atoms with Crippen molar-refractivity contribution < 1.29 is 94.4 Å². The van der Waals surface area contributed by atoms with Gasteiger partial charge in [-0.1, -0.05) is 0 Å². The zero-order valence-corrected chi connectivity index (χ0v) is 33.1. The Labute approximate surface area is 336 Å². The molecule has 4 aromatic heterocycles. The van der Waals surface area contributed by atoms with E-state index in [1.54, 1.807) is 45.3 Å². The third-order valence-electron chi connectivity index (χ3n) is 3.15. The molecule has 0 aromatic carbocycles. The van der Waals surface area contributed by atoms with E-state index in [9.17, 15) is 0 Å². The van der Waals surface area contributed by atoms with E-state index in [2.05, 4.69) is 21.5 Å². The minimum atomic E-state index is 0. The Morgan fingerprint density at radius 2 is 0.500 bits per heavy atom. The average Bonchev–Trinajstić information content (AvgIpc) is 3.83. The van der Waals surface area contributed by atoms with Crippen LogP contribution in [0.5, 0.6) is 0 Å². The van der Waals surface area contributed by atoms with Crippen LogP contribution in [-0.2, 0) is 18.9 Å². The van der Waals surface area contributed by atoms with Crippen LogP contribution in [-0.4, -0.2) is 52.9 Å². The minimum Gasteiger partial charge on any atom is -0.382 e. The molecule has 0 amide bonds. The van der Waals surface area contributed by atoms with Crippen molar-refractivity contribution in [1.82, 2.24) is 0 Å². The zero-order valence-electron chi connectivity index (χ0n) is 29.9. The molecule has 44 heavy (non-hydrogen) atoms. The standard InChI is InChI=1S/4C4H10O.4C4H3S.4Li/c4*1-3-5-4-2;4*1-2-4-5-3-1;;;;/h4*3-4H2,1-2H3;4*1-3H;;;;/q;;;;4*-1;4*+1. The monoisotopic (exact) mass is 656 g/mol. The van der Waals surface area contributed by atoms with Gasteiger partial charge in [0.2, 0.25) is 0 Å². The Balaban J connectivity index is -0.0000000554. The smallest absolute Gasteiger partial charge is 0.382 e. The SMILES string of the molecule is CCOCC.CCOCC.CCOCC.CCOCC.[Li+].[Li+].[Li+].[Li+].[c-]1cccs1.[c-]1cccs1.[c-]1cccs1.[c-]1cccs1. The van der Waals surface area contributed by atoms with Crippen LogP contribution in [0.4, 0.5) is 0 Å². The molecular weight excluding hydrogens is 604 g/mol. The van der Waals surface area contributed by atoms with E-state index in [1.807, 2.05) is 125 Å². The maximum absolute atomic E-state index is 4.83. The predicted octanol–water partition coefficient (Wildman–Crippen LogP) is -1.62. The second-order valence-corrected chi connectivity index (χ2v) is 9.02. The Kier molecular flexibility index (Phi) is 108. The first-order valence-corrected chi connectivity index (χ1v) is 17.1. The Hall–Kier alpha value is 1.03. The van der Waals surface area contributed by atoms with Gasteiger partial charge in [-0.3, -0.25) is 0 Å². The maximum atomic E-state index is 4.83. The quantitative estimate of drug-likeness (QED) is 0.169. The van der Waals surface area contributed by atoms with E-state index in [0.717, 1.165) is 52.9 Å². The number of thiophene rings is 4. The molecule has 0 bridgehead atoms. The van der Waals surface area contributed by atoms with Crippen molar-refractivity contribution in [2.24, 2.45) is 0 Å². The first-order valence-electron chi connectivity index (χ1n) is 13.5. The minimum absolute atomic E-state index is 0. The molecule has 4 rings (SSSR count). The van der Waals surface area contributed by atoms with E-state index in [0.29, 0.717) is 0 Å². The fourth-order valence-electron chi connectivity index (χ4n) is 1.60. The van der Waals surface area contributed by atoms with Gasteiger partial charge in [-0.25, -0.2) is 24.3 Å². The predicted molar refractivity (Wildman–Crippen MR) is 181 cm³/mol. The summed E-state index contributed by atoms with van der Waals surface area (Å²) in [6, 6.07) is 15.4. The summed E-state index contributed by atoms with van der Waals surface area (Å²) in [6.45, 7) is 22.7. The Morgan fingerprint density at radius 3 is 0.523 bits per heavy atom. The first-order chi connectivity index (χ1) is 19.7. The fraction of sp³-hybridized carbons (Fsp3) is 0.500. The number of hydrogen-bond donors (Lipinski definition) is 0. The Bertz CT molecular complexity index is 531. The summed E-state index contributed by atoms with van der Waals surface area (Å²) in [7, 11) is 0. The zero-order chi connectivity index (χ0) is 30.6. The molecule has 0 spiro atoms. The first kappa shape index (κ1) is 63.7. The van der Waals surface area contributed by atoms with Gasteiger partial charge in [0.25, 0.3) is 0 Å². The van der Waals surface area contributed by atoms with Gasteiger partial charge in [-0.15, -0.1) is 21.5 Å². The molecule has 12 heteroatoms. The van der Waals surface area contributed by atoms with Gasteiger partial charge in [0.05, 0.1) is 0 Å². The van der Waals surface area contributed by atoms with Crippen molar-refractivity contribution in [3.05, 3.63) is 91.6 Å². The van der Waals surface area contributed by atoms with E-state index < -0.39 is 0 Å². The van der Waals surface area contributed by atoms with Gasteiger partial charge < -0.3 is 64.3 Å². The largest absolute Gasteiger partial charge is 1.00 e. The molecule has 0 aliphatic carbocycles. The second kappa shape index (κ2) is 74.7. The molecule has 0 aliphatic rings. The number of hydrogen-bond acceptors (Lipinski definition) is 8. The van der Waals surface area contributed by atoms with E-state index in [1.165, 1.54) is 0 Å². The van der Waals surface area contributed by atoms with E-state index >= 15 is 0 Å². The van der Waals surface area contributed by atoms with E-state index in [4.69, 9.17) is 18.9 Å². The van der Waals surface area contributed by atoms with Crippen LogP contribution in [0.1, 0.15) is 55.4 Å². The van der Waals surface area contributed by atoms with Crippen LogP contribution in [0.25, 0.3) is 0 Å². The molecule has 4 aromatic rings. The maximum Gasteiger partial charge on any atom is 1.00 e. The molecule has 0 saturated carbocycles. The third-order valence-corrected chi connectivity index (χ3v) is 5.41. The molecule has 4 heterocycles. The van der Waals surface area contributed by atoms with Crippen molar-refractivity contribution in [1.29, 1.82) is 0 Å². The van der Waals surface area contributed by atoms with Crippen molar-refractivity contribution in [3.8, 4) is 0 Å². The number of ether oxygens (including phenoxy) is 4. The molecule has 0 unspecified atom stereocenters. The molecule has 232 valence electrons. The topological polar surface area (TPSA) is 36.9 Å². The number of rotatable bonds is 8. The average molecular weight is 657 g/mol. The second-order valence-electron chi connectivity index (χ2n) is 6.05. The van der Waals surface area contributed by atoms with Crippen LogP contribution in [0.2, 0.25) is 0 Å². The summed E-state index contributed by atoms with van der Waals surface area (Å²) in [5, 5.41) is 19.6. The van der Waals surface area contributed by atoms with Crippen LogP contribution in [0, 0.1) is 21.5 Å². The van der Waals surface area contributed by atoms with Crippen molar-refractivity contribution >= 4 is 45.3 Å². The molecule has 0 atom stereocenters. The van der Waals surface area contributed by atoms with Crippen LogP contribution < -0.4 is 75.4 Å². The van der Waals surface area contributed by atoms with Crippen LogP contribution in [0.3, 0.4) is 0 Å². The van der Waals surface area contributed by atoms with E-state index in [-0.39, 0.29) is 75.4 Å². The molecule has 0 N–H and O–H groups in total. The molecule has 0 radical (unpaired) electrons. The van der Waals surface area contributed by atoms with Crippen molar-refractivity contribution in [3.63, 3.8) is 0 Å². The van der Waals surface area contributed by atoms with Crippen LogP contribution >= 0.6 is 45.3 Å². The summed E-state index contributed by atoms with van der Waals surface area (Å²) in [5.74, 6) is 0. The van der Waals surface area contributed by atoms with Gasteiger partial charge in [0.1, 0.15) is 0 Å².